The first-order valence-electron chi connectivity index (χ1n) is 7.25. The van der Waals surface area contributed by atoms with Gasteiger partial charge in [-0.2, -0.15) is 0 Å². The minimum absolute atomic E-state index is 0.0684. The van der Waals surface area contributed by atoms with Crippen molar-refractivity contribution in [1.29, 1.82) is 0 Å². The molecule has 0 aromatic rings. The van der Waals surface area contributed by atoms with E-state index in [1.54, 1.807) is 0 Å². The van der Waals surface area contributed by atoms with Gasteiger partial charge in [0.15, 0.2) is 0 Å². The number of hydrogen-bond acceptors (Lipinski definition) is 3. The summed E-state index contributed by atoms with van der Waals surface area (Å²) >= 11 is 0. The Morgan fingerprint density at radius 2 is 2.05 bits per heavy atom. The second-order valence-electron chi connectivity index (χ2n) is 6.41. The molecule has 5 heteroatoms. The van der Waals surface area contributed by atoms with E-state index < -0.39 is 5.60 Å². The van der Waals surface area contributed by atoms with Crippen LogP contribution < -0.4 is 10.6 Å². The van der Waals surface area contributed by atoms with Gasteiger partial charge in [0.25, 0.3) is 0 Å². The van der Waals surface area contributed by atoms with Gasteiger partial charge < -0.3 is 20.5 Å². The summed E-state index contributed by atoms with van der Waals surface area (Å²) in [5.41, 5.74) is -1.20. The molecule has 0 spiro atoms. The van der Waals surface area contributed by atoms with E-state index in [9.17, 15) is 9.90 Å². The number of carbonyl (C=O) groups is 1. The highest BCUT2D eigenvalue weighted by Gasteiger charge is 2.59. The van der Waals surface area contributed by atoms with Crippen LogP contribution >= 0.6 is 0 Å². The molecule has 2 rings (SSSR count). The van der Waals surface area contributed by atoms with Gasteiger partial charge in [0.1, 0.15) is 0 Å². The zero-order chi connectivity index (χ0) is 14.1. The number of rotatable bonds is 6. The van der Waals surface area contributed by atoms with Crippen LogP contribution in [-0.4, -0.2) is 42.5 Å². The zero-order valence-electron chi connectivity index (χ0n) is 12.2. The fraction of sp³-hybridized carbons (Fsp3) is 0.929. The van der Waals surface area contributed by atoms with E-state index in [1.165, 1.54) is 12.8 Å². The van der Waals surface area contributed by atoms with Crippen LogP contribution in [0, 0.1) is 11.3 Å². The quantitative estimate of drug-likeness (QED) is 0.680. The van der Waals surface area contributed by atoms with Crippen LogP contribution in [0.3, 0.4) is 0 Å². The third-order valence-corrected chi connectivity index (χ3v) is 4.68. The first kappa shape index (κ1) is 14.6. The molecule has 0 aromatic heterocycles. The topological polar surface area (TPSA) is 70.6 Å². The number of hydrogen-bond donors (Lipinski definition) is 3. The largest absolute Gasteiger partial charge is 0.387 e. The van der Waals surface area contributed by atoms with Gasteiger partial charge in [0, 0.05) is 31.5 Å². The molecule has 2 atom stereocenters. The highest BCUT2D eigenvalue weighted by Crippen LogP contribution is 2.50. The van der Waals surface area contributed by atoms with Gasteiger partial charge in [0.05, 0.1) is 11.7 Å². The Bertz CT molecular complexity index is 342. The molecule has 0 saturated heterocycles. The first-order chi connectivity index (χ1) is 8.89. The minimum atomic E-state index is -0.871. The first-order valence-corrected chi connectivity index (χ1v) is 7.25. The Balaban J connectivity index is 1.73. The number of amides is 2. The van der Waals surface area contributed by atoms with E-state index in [-0.39, 0.29) is 24.1 Å². The number of ether oxygens (including phenoxy) is 1. The summed E-state index contributed by atoms with van der Waals surface area (Å²) in [6.07, 6.45) is 3.08. The standard InChI is InChI=1S/C14H26N2O3/c1-4-19-11-7-14(18,13(11,2)3)9-16-12(17)15-8-10-5-6-10/h10-11,18H,4-9H2,1-3H3,(H2,15,16,17)/t11-,14-/m0/s1. The van der Waals surface area contributed by atoms with Gasteiger partial charge in [-0.25, -0.2) is 4.79 Å². The molecule has 5 nitrogen and oxygen atoms in total. The second kappa shape index (κ2) is 5.29. The van der Waals surface area contributed by atoms with Crippen LogP contribution in [0.25, 0.3) is 0 Å². The van der Waals surface area contributed by atoms with Crippen molar-refractivity contribution < 1.29 is 14.6 Å². The molecule has 0 radical (unpaired) electrons. The molecule has 0 unspecified atom stereocenters. The van der Waals surface area contributed by atoms with Crippen LogP contribution in [0.5, 0.6) is 0 Å². The van der Waals surface area contributed by atoms with Crippen molar-refractivity contribution in [2.24, 2.45) is 11.3 Å². The molecule has 2 aliphatic carbocycles. The predicted octanol–water partition coefficient (Wildman–Crippen LogP) is 1.26. The van der Waals surface area contributed by atoms with Crippen molar-refractivity contribution in [3.8, 4) is 0 Å². The summed E-state index contributed by atoms with van der Waals surface area (Å²) in [5, 5.41) is 16.2. The van der Waals surface area contributed by atoms with Crippen molar-refractivity contribution in [1.82, 2.24) is 10.6 Å². The Morgan fingerprint density at radius 1 is 1.37 bits per heavy atom. The van der Waals surface area contributed by atoms with Gasteiger partial charge in [0.2, 0.25) is 0 Å². The molecule has 2 fully saturated rings. The van der Waals surface area contributed by atoms with Gasteiger partial charge in [-0.1, -0.05) is 13.8 Å². The second-order valence-corrected chi connectivity index (χ2v) is 6.41. The van der Waals surface area contributed by atoms with E-state index >= 15 is 0 Å². The Hall–Kier alpha value is -0.810. The smallest absolute Gasteiger partial charge is 0.314 e. The maximum Gasteiger partial charge on any atom is 0.314 e. The van der Waals surface area contributed by atoms with E-state index in [4.69, 9.17) is 4.74 Å². The monoisotopic (exact) mass is 270 g/mol. The summed E-state index contributed by atoms with van der Waals surface area (Å²) in [7, 11) is 0. The van der Waals surface area contributed by atoms with Gasteiger partial charge in [-0.3, -0.25) is 0 Å². The highest BCUT2D eigenvalue weighted by atomic mass is 16.5. The lowest BCUT2D eigenvalue weighted by Crippen LogP contribution is -2.69. The fourth-order valence-corrected chi connectivity index (χ4v) is 2.61. The maximum absolute atomic E-state index is 11.6. The molecule has 3 N–H and O–H groups in total. The predicted molar refractivity (Wildman–Crippen MR) is 72.9 cm³/mol. The molecule has 2 aliphatic rings. The molecule has 0 aromatic carbocycles. The van der Waals surface area contributed by atoms with Crippen LogP contribution in [0.15, 0.2) is 0 Å². The zero-order valence-corrected chi connectivity index (χ0v) is 12.2. The molecule has 0 bridgehead atoms. The number of nitrogens with one attached hydrogen (secondary N) is 2. The summed E-state index contributed by atoms with van der Waals surface area (Å²) in [5.74, 6) is 0.663. The van der Waals surface area contributed by atoms with Crippen molar-refractivity contribution in [2.75, 3.05) is 19.7 Å². The van der Waals surface area contributed by atoms with E-state index in [1.807, 2.05) is 20.8 Å². The van der Waals surface area contributed by atoms with Gasteiger partial charge in [-0.15, -0.1) is 0 Å². The van der Waals surface area contributed by atoms with Crippen molar-refractivity contribution in [2.45, 2.75) is 51.7 Å². The lowest BCUT2D eigenvalue weighted by Gasteiger charge is -2.57. The summed E-state index contributed by atoms with van der Waals surface area (Å²) in [6, 6.07) is -0.184. The van der Waals surface area contributed by atoms with E-state index in [2.05, 4.69) is 10.6 Å². The lowest BCUT2D eigenvalue weighted by molar-refractivity contribution is -0.237. The van der Waals surface area contributed by atoms with Crippen LogP contribution in [0.2, 0.25) is 0 Å². The number of carbonyl (C=O) groups excluding carboxylic acids is 1. The van der Waals surface area contributed by atoms with Gasteiger partial charge in [-0.05, 0) is 25.7 Å². The molecule has 110 valence electrons. The van der Waals surface area contributed by atoms with Crippen molar-refractivity contribution in [3.05, 3.63) is 0 Å². The molecular formula is C14H26N2O3. The summed E-state index contributed by atoms with van der Waals surface area (Å²) in [4.78, 5) is 11.6. The lowest BCUT2D eigenvalue weighted by atomic mass is 9.56. The average Bonchev–Trinajstić information content (AvgIpc) is 3.17. The normalized spacial score (nSPS) is 32.5. The molecule has 2 saturated carbocycles. The minimum Gasteiger partial charge on any atom is -0.387 e. The number of aliphatic hydroxyl groups is 1. The van der Waals surface area contributed by atoms with E-state index in [0.717, 1.165) is 6.54 Å². The Kier molecular flexibility index (Phi) is 4.06. The SMILES string of the molecule is CCO[C@H]1C[C@](O)(CNC(=O)NCC2CC2)C1(C)C. The van der Waals surface area contributed by atoms with Crippen LogP contribution in [0.1, 0.15) is 40.0 Å². The van der Waals surface area contributed by atoms with Crippen LogP contribution in [0.4, 0.5) is 4.79 Å². The van der Waals surface area contributed by atoms with Crippen molar-refractivity contribution >= 4 is 6.03 Å². The molecule has 0 heterocycles. The fourth-order valence-electron chi connectivity index (χ4n) is 2.61. The highest BCUT2D eigenvalue weighted by molar-refractivity contribution is 5.74. The third-order valence-electron chi connectivity index (χ3n) is 4.68. The Morgan fingerprint density at radius 3 is 2.58 bits per heavy atom. The molecule has 19 heavy (non-hydrogen) atoms. The molecule has 2 amide bonds. The van der Waals surface area contributed by atoms with E-state index in [0.29, 0.717) is 18.9 Å². The maximum atomic E-state index is 11.6. The summed E-state index contributed by atoms with van der Waals surface area (Å²) < 4.78 is 5.59. The summed E-state index contributed by atoms with van der Waals surface area (Å²) in [6.45, 7) is 7.60. The number of urea groups is 1. The Labute approximate surface area is 115 Å². The van der Waals surface area contributed by atoms with Crippen LogP contribution in [-0.2, 0) is 4.74 Å². The van der Waals surface area contributed by atoms with Gasteiger partial charge >= 0.3 is 6.03 Å². The third kappa shape index (κ3) is 3.03. The molecule has 0 aliphatic heterocycles. The average molecular weight is 270 g/mol. The molecular weight excluding hydrogens is 244 g/mol. The van der Waals surface area contributed by atoms with Crippen molar-refractivity contribution in [3.63, 3.8) is 0 Å².